The quantitative estimate of drug-likeness (QED) is 0.397. The van der Waals surface area contributed by atoms with Crippen LogP contribution < -0.4 is 0 Å². The Bertz CT molecular complexity index is 109. The maximum atomic E-state index is 10.1. The molecule has 0 aromatic heterocycles. The van der Waals surface area contributed by atoms with Gasteiger partial charge in [-0.3, -0.25) is 4.79 Å². The topological polar surface area (TPSA) is 26.3 Å². The molecule has 0 saturated heterocycles. The molecule has 0 unspecified atom stereocenters. The number of ether oxygens (including phenoxy) is 1. The second kappa shape index (κ2) is 3.55. The first kappa shape index (κ1) is 7.56. The standard InChI is InChI=1S/C5H8O2S/c1-3-5(8)7-4(2)6/h3H2,1-2H3. The van der Waals surface area contributed by atoms with Crippen molar-refractivity contribution in [3.8, 4) is 0 Å². The Hall–Kier alpha value is -0.440. The van der Waals surface area contributed by atoms with Gasteiger partial charge >= 0.3 is 5.97 Å². The van der Waals surface area contributed by atoms with Crippen LogP contribution in [0.2, 0.25) is 0 Å². The maximum absolute atomic E-state index is 10.1. The summed E-state index contributed by atoms with van der Waals surface area (Å²) >= 11 is 4.59. The molecule has 3 heteroatoms. The summed E-state index contributed by atoms with van der Waals surface area (Å²) in [6, 6.07) is 0. The average molecular weight is 132 g/mol. The smallest absolute Gasteiger partial charge is 0.308 e. The van der Waals surface area contributed by atoms with E-state index in [2.05, 4.69) is 17.0 Å². The van der Waals surface area contributed by atoms with E-state index in [4.69, 9.17) is 0 Å². The summed E-state index contributed by atoms with van der Waals surface area (Å²) in [4.78, 5) is 10.1. The van der Waals surface area contributed by atoms with Crippen molar-refractivity contribution in [2.45, 2.75) is 20.3 Å². The fourth-order valence-corrected chi connectivity index (χ4v) is 0.350. The highest BCUT2D eigenvalue weighted by atomic mass is 32.1. The largest absolute Gasteiger partial charge is 0.419 e. The van der Waals surface area contributed by atoms with Crippen molar-refractivity contribution in [1.82, 2.24) is 0 Å². The van der Waals surface area contributed by atoms with Gasteiger partial charge in [-0.15, -0.1) is 0 Å². The van der Waals surface area contributed by atoms with Gasteiger partial charge in [0.25, 0.3) is 0 Å². The van der Waals surface area contributed by atoms with Crippen LogP contribution in [-0.4, -0.2) is 11.0 Å². The molecule has 0 atom stereocenters. The molecular formula is C5H8O2S. The molecule has 46 valence electrons. The molecule has 0 rings (SSSR count). The van der Waals surface area contributed by atoms with Crippen LogP contribution >= 0.6 is 12.2 Å². The summed E-state index contributed by atoms with van der Waals surface area (Å²) in [6.07, 6.45) is 0.620. The molecule has 0 aliphatic heterocycles. The van der Waals surface area contributed by atoms with Gasteiger partial charge in [0, 0.05) is 13.3 Å². The van der Waals surface area contributed by atoms with Crippen LogP contribution in [0.15, 0.2) is 0 Å². The third-order valence-electron chi connectivity index (χ3n) is 0.546. The van der Waals surface area contributed by atoms with Gasteiger partial charge in [-0.05, 0) is 12.2 Å². The fourth-order valence-electron chi connectivity index (χ4n) is 0.232. The average Bonchev–Trinajstić information content (AvgIpc) is 1.65. The van der Waals surface area contributed by atoms with Crippen LogP contribution in [0.1, 0.15) is 20.3 Å². The molecule has 0 amide bonds. The summed E-state index contributed by atoms with van der Waals surface area (Å²) in [5.74, 6) is -0.336. The zero-order chi connectivity index (χ0) is 6.57. The third-order valence-corrected chi connectivity index (χ3v) is 0.918. The second-order valence-electron chi connectivity index (χ2n) is 1.32. The SMILES string of the molecule is CCC(=S)OC(C)=O. The van der Waals surface area contributed by atoms with Crippen molar-refractivity contribution in [2.75, 3.05) is 0 Å². The lowest BCUT2D eigenvalue weighted by Gasteiger charge is -1.95. The first-order valence-corrected chi connectivity index (χ1v) is 2.79. The predicted octanol–water partition coefficient (Wildman–Crippen LogP) is 1.29. The van der Waals surface area contributed by atoms with E-state index in [1.54, 1.807) is 0 Å². The second-order valence-corrected chi connectivity index (χ2v) is 1.77. The highest BCUT2D eigenvalue weighted by Crippen LogP contribution is 1.87. The van der Waals surface area contributed by atoms with Gasteiger partial charge in [-0.2, -0.15) is 0 Å². The molecule has 8 heavy (non-hydrogen) atoms. The molecule has 0 aliphatic carbocycles. The molecule has 0 saturated carbocycles. The minimum absolute atomic E-state index is 0.336. The van der Waals surface area contributed by atoms with Crippen molar-refractivity contribution in [1.29, 1.82) is 0 Å². The Balaban J connectivity index is 3.40. The molecule has 0 bridgehead atoms. The van der Waals surface area contributed by atoms with Gasteiger partial charge < -0.3 is 4.74 Å². The van der Waals surface area contributed by atoms with Crippen LogP contribution in [0.25, 0.3) is 0 Å². The Morgan fingerprint density at radius 2 is 2.25 bits per heavy atom. The van der Waals surface area contributed by atoms with Crippen LogP contribution in [0.4, 0.5) is 0 Å². The number of thiocarbonyl (C=S) groups is 1. The van der Waals surface area contributed by atoms with E-state index in [-0.39, 0.29) is 5.97 Å². The van der Waals surface area contributed by atoms with Crippen molar-refractivity contribution < 1.29 is 9.53 Å². The lowest BCUT2D eigenvalue weighted by molar-refractivity contribution is -0.132. The lowest BCUT2D eigenvalue weighted by atomic mass is 10.5. The molecule has 0 N–H and O–H groups in total. The zero-order valence-corrected chi connectivity index (χ0v) is 5.75. The predicted molar refractivity (Wildman–Crippen MR) is 34.7 cm³/mol. The van der Waals surface area contributed by atoms with Crippen molar-refractivity contribution in [3.63, 3.8) is 0 Å². The highest BCUT2D eigenvalue weighted by Gasteiger charge is 1.94. The number of carbonyl (C=O) groups excluding carboxylic acids is 1. The van der Waals surface area contributed by atoms with E-state index in [0.717, 1.165) is 0 Å². The third kappa shape index (κ3) is 3.74. The number of hydrogen-bond acceptors (Lipinski definition) is 3. The van der Waals surface area contributed by atoms with Crippen LogP contribution in [0.5, 0.6) is 0 Å². The Labute approximate surface area is 53.8 Å². The molecule has 0 aliphatic rings. The maximum Gasteiger partial charge on any atom is 0.308 e. The van der Waals surface area contributed by atoms with Gasteiger partial charge in [0.1, 0.15) is 0 Å². The molecule has 0 radical (unpaired) electrons. The Morgan fingerprint density at radius 1 is 1.75 bits per heavy atom. The van der Waals surface area contributed by atoms with Gasteiger partial charge in [0.05, 0.1) is 0 Å². The highest BCUT2D eigenvalue weighted by molar-refractivity contribution is 7.80. The van der Waals surface area contributed by atoms with Crippen LogP contribution in [0.3, 0.4) is 0 Å². The monoisotopic (exact) mass is 132 g/mol. The molecule has 2 nitrogen and oxygen atoms in total. The summed E-state index contributed by atoms with van der Waals surface area (Å²) in [6.45, 7) is 3.17. The zero-order valence-electron chi connectivity index (χ0n) is 4.93. The molecule has 0 aromatic carbocycles. The van der Waals surface area contributed by atoms with E-state index >= 15 is 0 Å². The lowest BCUT2D eigenvalue weighted by Crippen LogP contribution is -2.04. The summed E-state index contributed by atoms with van der Waals surface area (Å²) in [5.41, 5.74) is 0. The van der Waals surface area contributed by atoms with Crippen molar-refractivity contribution in [2.24, 2.45) is 0 Å². The van der Waals surface area contributed by atoms with E-state index in [9.17, 15) is 4.79 Å². The normalized spacial score (nSPS) is 8.25. The number of carbonyl (C=O) groups is 1. The van der Waals surface area contributed by atoms with Gasteiger partial charge in [0.2, 0.25) is 0 Å². The molecule has 0 spiro atoms. The van der Waals surface area contributed by atoms with E-state index in [1.807, 2.05) is 6.92 Å². The van der Waals surface area contributed by atoms with Gasteiger partial charge in [-0.1, -0.05) is 6.92 Å². The minimum Gasteiger partial charge on any atom is -0.419 e. The van der Waals surface area contributed by atoms with Crippen molar-refractivity contribution in [3.05, 3.63) is 0 Å². The van der Waals surface area contributed by atoms with Gasteiger partial charge in [-0.25, -0.2) is 0 Å². The molecular weight excluding hydrogens is 124 g/mol. The minimum atomic E-state index is -0.336. The number of rotatable bonds is 1. The van der Waals surface area contributed by atoms with E-state index in [1.165, 1.54) is 6.92 Å². The summed E-state index contributed by atoms with van der Waals surface area (Å²) in [7, 11) is 0. The Morgan fingerprint density at radius 3 is 2.38 bits per heavy atom. The number of hydrogen-bond donors (Lipinski definition) is 0. The van der Waals surface area contributed by atoms with Crippen molar-refractivity contribution >= 4 is 23.2 Å². The van der Waals surface area contributed by atoms with E-state index < -0.39 is 0 Å². The van der Waals surface area contributed by atoms with Gasteiger partial charge in [0.15, 0.2) is 5.05 Å². The molecule has 0 fully saturated rings. The van der Waals surface area contributed by atoms with Crippen LogP contribution in [0, 0.1) is 0 Å². The molecule has 0 aromatic rings. The first-order chi connectivity index (χ1) is 3.66. The summed E-state index contributed by atoms with van der Waals surface area (Å²) in [5, 5.41) is 0.359. The number of esters is 1. The first-order valence-electron chi connectivity index (χ1n) is 2.38. The Kier molecular flexibility index (Phi) is 3.35. The fraction of sp³-hybridized carbons (Fsp3) is 0.600. The van der Waals surface area contributed by atoms with E-state index in [0.29, 0.717) is 11.5 Å². The van der Waals surface area contributed by atoms with Crippen LogP contribution in [-0.2, 0) is 9.53 Å². The summed E-state index contributed by atoms with van der Waals surface area (Å²) < 4.78 is 4.49. The molecule has 0 heterocycles.